The van der Waals surface area contributed by atoms with Crippen molar-refractivity contribution in [2.75, 3.05) is 18.1 Å². The number of rotatable bonds is 5. The number of halogens is 2. The van der Waals surface area contributed by atoms with Crippen molar-refractivity contribution in [2.45, 2.75) is 13.3 Å². The fraction of sp³-hybridized carbons (Fsp3) is 0.250. The summed E-state index contributed by atoms with van der Waals surface area (Å²) in [5, 5.41) is 0.538. The Kier molecular flexibility index (Phi) is 5.56. The maximum Gasteiger partial charge on any atom is 0.311 e. The molecule has 140 valence electrons. The third-order valence-corrected chi connectivity index (χ3v) is 4.91. The fourth-order valence-corrected chi connectivity index (χ4v) is 3.13. The van der Waals surface area contributed by atoms with Crippen LogP contribution in [0.4, 0.5) is 10.1 Å². The maximum absolute atomic E-state index is 12.9. The van der Waals surface area contributed by atoms with Crippen molar-refractivity contribution < 1.29 is 23.5 Å². The smallest absolute Gasteiger partial charge is 0.311 e. The number of ether oxygens (including phenoxy) is 1. The van der Waals surface area contributed by atoms with E-state index in [1.165, 1.54) is 17.0 Å². The third-order valence-electron chi connectivity index (χ3n) is 4.50. The molecule has 1 aliphatic heterocycles. The Labute approximate surface area is 160 Å². The van der Waals surface area contributed by atoms with Crippen molar-refractivity contribution >= 4 is 34.9 Å². The van der Waals surface area contributed by atoms with Crippen molar-refractivity contribution in [1.82, 2.24) is 0 Å². The maximum atomic E-state index is 12.9. The highest BCUT2D eigenvalue weighted by Gasteiger charge is 2.37. The van der Waals surface area contributed by atoms with E-state index < -0.39 is 30.1 Å². The Morgan fingerprint density at radius 3 is 2.63 bits per heavy atom. The zero-order valence-corrected chi connectivity index (χ0v) is 15.3. The van der Waals surface area contributed by atoms with E-state index >= 15 is 0 Å². The van der Waals surface area contributed by atoms with Gasteiger partial charge >= 0.3 is 5.97 Å². The topological polar surface area (TPSA) is 63.7 Å². The number of hydrogen-bond donors (Lipinski definition) is 0. The van der Waals surface area contributed by atoms with Crippen LogP contribution in [-0.2, 0) is 14.3 Å². The lowest BCUT2D eigenvalue weighted by molar-refractivity contribution is -0.147. The van der Waals surface area contributed by atoms with Gasteiger partial charge < -0.3 is 9.64 Å². The number of carbonyl (C=O) groups excluding carboxylic acids is 3. The standard InChI is InChI=1S/C20H17ClFNO4/c1-12-16(21)3-2-4-17(12)23-10-14(9-19(23)25)20(26)27-11-18(24)13-5-7-15(22)8-6-13/h2-8,14H,9-11H2,1H3/t14-/m1/s1. The molecule has 0 radical (unpaired) electrons. The van der Waals surface area contributed by atoms with E-state index in [0.717, 1.165) is 17.7 Å². The van der Waals surface area contributed by atoms with Crippen LogP contribution in [0.25, 0.3) is 0 Å². The number of amides is 1. The van der Waals surface area contributed by atoms with Crippen LogP contribution in [0.5, 0.6) is 0 Å². The monoisotopic (exact) mass is 389 g/mol. The van der Waals surface area contributed by atoms with Gasteiger partial charge in [0.15, 0.2) is 12.4 Å². The largest absolute Gasteiger partial charge is 0.457 e. The van der Waals surface area contributed by atoms with E-state index in [1.807, 2.05) is 0 Å². The Hall–Kier alpha value is -2.73. The quantitative estimate of drug-likeness (QED) is 0.579. The summed E-state index contributed by atoms with van der Waals surface area (Å²) in [5.41, 5.74) is 1.67. The number of Topliss-reactive ketones (excluding diaryl/α,β-unsaturated/α-hetero) is 1. The van der Waals surface area contributed by atoms with Crippen LogP contribution in [0.2, 0.25) is 5.02 Å². The summed E-state index contributed by atoms with van der Waals surface area (Å²) in [4.78, 5) is 38.1. The lowest BCUT2D eigenvalue weighted by Crippen LogP contribution is -2.27. The lowest BCUT2D eigenvalue weighted by Gasteiger charge is -2.19. The number of benzene rings is 2. The first kappa shape index (κ1) is 19.0. The zero-order valence-electron chi connectivity index (χ0n) is 14.6. The lowest BCUT2D eigenvalue weighted by atomic mass is 10.1. The average molecular weight is 390 g/mol. The van der Waals surface area contributed by atoms with E-state index in [2.05, 4.69) is 0 Å². The van der Waals surface area contributed by atoms with E-state index in [0.29, 0.717) is 10.7 Å². The van der Waals surface area contributed by atoms with Crippen LogP contribution in [0, 0.1) is 18.7 Å². The first-order valence-electron chi connectivity index (χ1n) is 8.37. The van der Waals surface area contributed by atoms with Crippen LogP contribution >= 0.6 is 11.6 Å². The van der Waals surface area contributed by atoms with Crippen molar-refractivity contribution in [3.05, 3.63) is 64.4 Å². The molecule has 1 aliphatic rings. The Balaban J connectivity index is 1.61. The van der Waals surface area contributed by atoms with Gasteiger partial charge in [0.25, 0.3) is 0 Å². The molecule has 2 aromatic carbocycles. The molecule has 0 unspecified atom stereocenters. The summed E-state index contributed by atoms with van der Waals surface area (Å²) < 4.78 is 18.0. The Morgan fingerprint density at radius 1 is 1.22 bits per heavy atom. The van der Waals surface area contributed by atoms with Gasteiger partial charge in [0.2, 0.25) is 5.91 Å². The summed E-state index contributed by atoms with van der Waals surface area (Å²) in [6, 6.07) is 10.2. The molecule has 3 rings (SSSR count). The molecule has 0 aliphatic carbocycles. The second-order valence-electron chi connectivity index (χ2n) is 6.33. The second-order valence-corrected chi connectivity index (χ2v) is 6.73. The number of hydrogen-bond acceptors (Lipinski definition) is 4. The minimum absolute atomic E-state index is 0.00945. The van der Waals surface area contributed by atoms with Gasteiger partial charge in [0.05, 0.1) is 5.92 Å². The number of esters is 1. The number of nitrogens with zero attached hydrogens (tertiary/aromatic N) is 1. The van der Waals surface area contributed by atoms with Gasteiger partial charge in [-0.25, -0.2) is 4.39 Å². The molecule has 0 aromatic heterocycles. The van der Waals surface area contributed by atoms with Gasteiger partial charge in [-0.05, 0) is 48.9 Å². The normalized spacial score (nSPS) is 16.5. The molecule has 1 atom stereocenters. The highest BCUT2D eigenvalue weighted by atomic mass is 35.5. The average Bonchev–Trinajstić information content (AvgIpc) is 3.04. The molecule has 1 fully saturated rings. The van der Waals surface area contributed by atoms with Gasteiger partial charge in [-0.1, -0.05) is 17.7 Å². The number of ketones is 1. The van der Waals surface area contributed by atoms with E-state index in [4.69, 9.17) is 16.3 Å². The SMILES string of the molecule is Cc1c(Cl)cccc1N1C[C@H](C(=O)OCC(=O)c2ccc(F)cc2)CC1=O. The van der Waals surface area contributed by atoms with E-state index in [-0.39, 0.29) is 24.4 Å². The molecule has 7 heteroatoms. The zero-order chi connectivity index (χ0) is 19.6. The summed E-state index contributed by atoms with van der Waals surface area (Å²) in [6.45, 7) is 1.52. The molecule has 0 saturated carbocycles. The first-order chi connectivity index (χ1) is 12.9. The number of anilines is 1. The molecule has 5 nitrogen and oxygen atoms in total. The van der Waals surface area contributed by atoms with Gasteiger partial charge in [-0.15, -0.1) is 0 Å². The van der Waals surface area contributed by atoms with Crippen LogP contribution in [0.15, 0.2) is 42.5 Å². The van der Waals surface area contributed by atoms with Crippen LogP contribution in [-0.4, -0.2) is 30.8 Å². The molecule has 2 aromatic rings. The molecule has 0 N–H and O–H groups in total. The Bertz CT molecular complexity index is 897. The van der Waals surface area contributed by atoms with Gasteiger partial charge in [0, 0.05) is 29.2 Å². The van der Waals surface area contributed by atoms with Crippen LogP contribution in [0.1, 0.15) is 22.3 Å². The summed E-state index contributed by atoms with van der Waals surface area (Å²) in [6.07, 6.45) is 0.00945. The molecule has 1 saturated heterocycles. The highest BCUT2D eigenvalue weighted by molar-refractivity contribution is 6.31. The summed E-state index contributed by atoms with van der Waals surface area (Å²) in [7, 11) is 0. The highest BCUT2D eigenvalue weighted by Crippen LogP contribution is 2.31. The van der Waals surface area contributed by atoms with Crippen molar-refractivity contribution in [2.24, 2.45) is 5.92 Å². The molecule has 1 heterocycles. The molecule has 27 heavy (non-hydrogen) atoms. The van der Waals surface area contributed by atoms with Crippen LogP contribution < -0.4 is 4.90 Å². The predicted octanol–water partition coefficient (Wildman–Crippen LogP) is 3.57. The molecular formula is C20H17ClFNO4. The molecule has 0 bridgehead atoms. The van der Waals surface area contributed by atoms with E-state index in [1.54, 1.807) is 25.1 Å². The number of carbonyl (C=O) groups is 3. The minimum Gasteiger partial charge on any atom is -0.457 e. The second kappa shape index (κ2) is 7.88. The van der Waals surface area contributed by atoms with Gasteiger partial charge in [-0.2, -0.15) is 0 Å². The van der Waals surface area contributed by atoms with E-state index in [9.17, 15) is 18.8 Å². The first-order valence-corrected chi connectivity index (χ1v) is 8.75. The predicted molar refractivity (Wildman–Crippen MR) is 98.3 cm³/mol. The van der Waals surface area contributed by atoms with Crippen molar-refractivity contribution in [3.8, 4) is 0 Å². The summed E-state index contributed by atoms with van der Waals surface area (Å²) in [5.74, 6) is -2.36. The summed E-state index contributed by atoms with van der Waals surface area (Å²) >= 11 is 6.10. The van der Waals surface area contributed by atoms with Gasteiger partial charge in [0.1, 0.15) is 5.82 Å². The van der Waals surface area contributed by atoms with Gasteiger partial charge in [-0.3, -0.25) is 14.4 Å². The third kappa shape index (κ3) is 4.17. The molecule has 1 amide bonds. The molecule has 0 spiro atoms. The fourth-order valence-electron chi connectivity index (χ4n) is 2.96. The van der Waals surface area contributed by atoms with Crippen LogP contribution in [0.3, 0.4) is 0 Å². The van der Waals surface area contributed by atoms with Crippen molar-refractivity contribution in [3.63, 3.8) is 0 Å². The van der Waals surface area contributed by atoms with Crippen molar-refractivity contribution in [1.29, 1.82) is 0 Å². The molecular weight excluding hydrogens is 373 g/mol. The minimum atomic E-state index is -0.656. The Morgan fingerprint density at radius 2 is 1.93 bits per heavy atom.